The Labute approximate surface area is 243 Å². The first kappa shape index (κ1) is 27.4. The highest BCUT2D eigenvalue weighted by atomic mass is 16.5. The number of ether oxygens (including phenoxy) is 2. The third-order valence-corrected chi connectivity index (χ3v) is 9.08. The number of nitrogens with zero attached hydrogens (tertiary/aromatic N) is 2. The number of benzene rings is 3. The van der Waals surface area contributed by atoms with Crippen molar-refractivity contribution in [2.75, 3.05) is 39.9 Å². The summed E-state index contributed by atoms with van der Waals surface area (Å²) >= 11 is 0. The van der Waals surface area contributed by atoms with Crippen LogP contribution >= 0.6 is 0 Å². The van der Waals surface area contributed by atoms with Crippen molar-refractivity contribution in [2.45, 2.75) is 45.1 Å². The van der Waals surface area contributed by atoms with E-state index in [1.807, 2.05) is 42.6 Å². The van der Waals surface area contributed by atoms with Crippen LogP contribution in [-0.4, -0.2) is 60.6 Å². The molecule has 1 fully saturated rings. The van der Waals surface area contributed by atoms with Crippen molar-refractivity contribution in [3.8, 4) is 11.5 Å². The summed E-state index contributed by atoms with van der Waals surface area (Å²) in [6.07, 6.45) is 8.55. The van der Waals surface area contributed by atoms with Gasteiger partial charge in [-0.15, -0.1) is 0 Å². The molecule has 0 bridgehead atoms. The monoisotopic (exact) mass is 551 g/mol. The molecule has 0 atom stereocenters. The number of para-hydroxylation sites is 1. The molecule has 3 heterocycles. The predicted octanol–water partition coefficient (Wildman–Crippen LogP) is 6.71. The van der Waals surface area contributed by atoms with Gasteiger partial charge in [0.1, 0.15) is 18.1 Å². The highest BCUT2D eigenvalue weighted by Crippen LogP contribution is 2.39. The summed E-state index contributed by atoms with van der Waals surface area (Å²) < 4.78 is 11.7. The van der Waals surface area contributed by atoms with E-state index in [2.05, 4.69) is 51.2 Å². The SMILES string of the molecule is COc1ccc(CN2CCOc3ccccc3CCCCC3(CCN(C(=O)c4ccc5cc[nH]c5c4)CC3)C2)cc1. The van der Waals surface area contributed by atoms with E-state index >= 15 is 0 Å². The first-order valence-corrected chi connectivity index (χ1v) is 15.0. The number of aromatic amines is 1. The van der Waals surface area contributed by atoms with Gasteiger partial charge in [0.05, 0.1) is 7.11 Å². The second kappa shape index (κ2) is 12.4. The first-order chi connectivity index (χ1) is 20.1. The molecule has 1 saturated heterocycles. The molecule has 2 aliphatic rings. The fourth-order valence-electron chi connectivity index (χ4n) is 6.66. The Morgan fingerprint density at radius 1 is 0.951 bits per heavy atom. The number of aromatic nitrogens is 1. The lowest BCUT2D eigenvalue weighted by Crippen LogP contribution is -2.48. The zero-order chi connectivity index (χ0) is 28.1. The number of hydrogen-bond acceptors (Lipinski definition) is 4. The van der Waals surface area contributed by atoms with Gasteiger partial charge in [-0.25, -0.2) is 0 Å². The van der Waals surface area contributed by atoms with Gasteiger partial charge in [0.15, 0.2) is 0 Å². The van der Waals surface area contributed by atoms with Crippen LogP contribution < -0.4 is 9.47 Å². The van der Waals surface area contributed by atoms with Crippen molar-refractivity contribution in [3.63, 3.8) is 0 Å². The number of piperidine rings is 1. The Morgan fingerprint density at radius 3 is 2.61 bits per heavy atom. The lowest BCUT2D eigenvalue weighted by molar-refractivity contribution is 0.0361. The van der Waals surface area contributed by atoms with Gasteiger partial charge in [0.25, 0.3) is 5.91 Å². The Balaban J connectivity index is 1.19. The molecule has 0 radical (unpaired) electrons. The molecule has 6 heteroatoms. The van der Waals surface area contributed by atoms with Crippen LogP contribution in [0.1, 0.15) is 53.6 Å². The van der Waals surface area contributed by atoms with Crippen molar-refractivity contribution < 1.29 is 14.3 Å². The first-order valence-electron chi connectivity index (χ1n) is 15.0. The number of hydrogen-bond donors (Lipinski definition) is 1. The topological polar surface area (TPSA) is 57.8 Å². The molecule has 0 unspecified atom stereocenters. The average Bonchev–Trinajstić information content (AvgIpc) is 3.48. The van der Waals surface area contributed by atoms with Gasteiger partial charge in [-0.05, 0) is 90.4 Å². The molecule has 4 aromatic rings. The number of carbonyl (C=O) groups excluding carboxylic acids is 1. The number of rotatable bonds is 4. The lowest BCUT2D eigenvalue weighted by atomic mass is 9.73. The zero-order valence-electron chi connectivity index (χ0n) is 24.1. The molecule has 3 aromatic carbocycles. The van der Waals surface area contributed by atoms with Crippen LogP contribution in [0.5, 0.6) is 11.5 Å². The molecule has 1 spiro atoms. The van der Waals surface area contributed by atoms with Crippen LogP contribution in [-0.2, 0) is 13.0 Å². The summed E-state index contributed by atoms with van der Waals surface area (Å²) in [5.74, 6) is 2.05. The van der Waals surface area contributed by atoms with E-state index in [1.165, 1.54) is 24.0 Å². The second-order valence-corrected chi connectivity index (χ2v) is 11.8. The number of methoxy groups -OCH3 is 1. The van der Waals surface area contributed by atoms with Crippen LogP contribution in [0.4, 0.5) is 0 Å². The third-order valence-electron chi connectivity index (χ3n) is 9.08. The zero-order valence-corrected chi connectivity index (χ0v) is 24.1. The lowest BCUT2D eigenvalue weighted by Gasteiger charge is -2.45. The van der Waals surface area contributed by atoms with E-state index in [0.29, 0.717) is 6.61 Å². The molecule has 1 N–H and O–H groups in total. The third kappa shape index (κ3) is 6.43. The normalized spacial score (nSPS) is 18.2. The summed E-state index contributed by atoms with van der Waals surface area (Å²) in [6.45, 7) is 5.01. The summed E-state index contributed by atoms with van der Waals surface area (Å²) in [5.41, 5.74) is 4.56. The van der Waals surface area contributed by atoms with E-state index < -0.39 is 0 Å². The average molecular weight is 552 g/mol. The number of carbonyl (C=O) groups is 1. The number of aryl methyl sites for hydroxylation is 1. The number of amides is 1. The van der Waals surface area contributed by atoms with Gasteiger partial charge in [0.2, 0.25) is 0 Å². The van der Waals surface area contributed by atoms with E-state index in [9.17, 15) is 4.79 Å². The molecule has 6 nitrogen and oxygen atoms in total. The maximum atomic E-state index is 13.5. The molecule has 0 aliphatic carbocycles. The van der Waals surface area contributed by atoms with Gasteiger partial charge in [0, 0.05) is 50.0 Å². The number of likely N-dealkylation sites (tertiary alicyclic amines) is 1. The molecule has 41 heavy (non-hydrogen) atoms. The number of H-pyrrole nitrogens is 1. The van der Waals surface area contributed by atoms with Crippen molar-refractivity contribution in [2.24, 2.45) is 5.41 Å². The standard InChI is InChI=1S/C35H41N3O3/c1-40-31-13-9-27(10-14-31)25-37-22-23-41-33-8-3-2-6-29(33)7-4-5-16-35(26-37)17-20-38(21-18-35)34(39)30-12-11-28-15-19-36-32(28)24-30/h2-3,6,8-15,19,24,36H,4-5,7,16-18,20-23,25-26H2,1H3. The smallest absolute Gasteiger partial charge is 0.253 e. The van der Waals surface area contributed by atoms with Gasteiger partial charge >= 0.3 is 0 Å². The molecule has 1 amide bonds. The second-order valence-electron chi connectivity index (χ2n) is 11.8. The predicted molar refractivity (Wildman–Crippen MR) is 164 cm³/mol. The quantitative estimate of drug-likeness (QED) is 0.306. The Morgan fingerprint density at radius 2 is 1.78 bits per heavy atom. The summed E-state index contributed by atoms with van der Waals surface area (Å²) in [5, 5.41) is 1.14. The minimum atomic E-state index is 0.143. The maximum absolute atomic E-state index is 13.5. The van der Waals surface area contributed by atoms with Gasteiger partial charge in [-0.1, -0.05) is 42.8 Å². The van der Waals surface area contributed by atoms with Crippen molar-refractivity contribution >= 4 is 16.8 Å². The Kier molecular flexibility index (Phi) is 8.28. The summed E-state index contributed by atoms with van der Waals surface area (Å²) in [7, 11) is 1.71. The van der Waals surface area contributed by atoms with E-state index in [1.54, 1.807) is 7.11 Å². The fraction of sp³-hybridized carbons (Fsp3) is 0.400. The summed E-state index contributed by atoms with van der Waals surface area (Å²) in [6, 6.07) is 25.0. The number of fused-ring (bicyclic) bond motifs is 2. The van der Waals surface area contributed by atoms with Crippen LogP contribution in [0.3, 0.4) is 0 Å². The molecule has 1 aromatic heterocycles. The van der Waals surface area contributed by atoms with Crippen LogP contribution in [0, 0.1) is 5.41 Å². The molecule has 6 rings (SSSR count). The van der Waals surface area contributed by atoms with Gasteiger partial charge in [-0.3, -0.25) is 9.69 Å². The van der Waals surface area contributed by atoms with E-state index in [0.717, 1.165) is 86.4 Å². The Bertz CT molecular complexity index is 1450. The number of nitrogens with one attached hydrogen (secondary N) is 1. The van der Waals surface area contributed by atoms with Crippen LogP contribution in [0.15, 0.2) is 79.0 Å². The molecule has 0 saturated carbocycles. The molecule has 214 valence electrons. The van der Waals surface area contributed by atoms with Crippen molar-refractivity contribution in [1.29, 1.82) is 0 Å². The van der Waals surface area contributed by atoms with E-state index in [-0.39, 0.29) is 11.3 Å². The maximum Gasteiger partial charge on any atom is 0.253 e. The van der Waals surface area contributed by atoms with Crippen LogP contribution in [0.25, 0.3) is 10.9 Å². The molecular formula is C35H41N3O3. The van der Waals surface area contributed by atoms with E-state index in [4.69, 9.17) is 9.47 Å². The highest BCUT2D eigenvalue weighted by molar-refractivity contribution is 5.98. The minimum absolute atomic E-state index is 0.143. The van der Waals surface area contributed by atoms with Gasteiger partial charge < -0.3 is 19.4 Å². The summed E-state index contributed by atoms with van der Waals surface area (Å²) in [4.78, 5) is 21.4. The molecular weight excluding hydrogens is 510 g/mol. The minimum Gasteiger partial charge on any atom is -0.497 e. The van der Waals surface area contributed by atoms with Crippen molar-refractivity contribution in [3.05, 3.63) is 95.7 Å². The van der Waals surface area contributed by atoms with Gasteiger partial charge in [-0.2, -0.15) is 0 Å². The largest absolute Gasteiger partial charge is 0.497 e. The van der Waals surface area contributed by atoms with Crippen LogP contribution in [0.2, 0.25) is 0 Å². The van der Waals surface area contributed by atoms with Crippen molar-refractivity contribution in [1.82, 2.24) is 14.8 Å². The Hall–Kier alpha value is -3.77. The fourth-order valence-corrected chi connectivity index (χ4v) is 6.66. The highest BCUT2D eigenvalue weighted by Gasteiger charge is 2.37. The molecule has 2 aliphatic heterocycles.